The molecule has 0 spiro atoms. The highest BCUT2D eigenvalue weighted by atomic mass is 32.2. The summed E-state index contributed by atoms with van der Waals surface area (Å²) < 4.78 is 31.8. The predicted octanol–water partition coefficient (Wildman–Crippen LogP) is 2.70. The van der Waals surface area contributed by atoms with E-state index in [2.05, 4.69) is 9.71 Å². The lowest BCUT2D eigenvalue weighted by atomic mass is 10.1. The van der Waals surface area contributed by atoms with E-state index in [4.69, 9.17) is 4.74 Å². The van der Waals surface area contributed by atoms with E-state index in [0.717, 1.165) is 17.0 Å². The molecule has 0 radical (unpaired) electrons. The van der Waals surface area contributed by atoms with Gasteiger partial charge in [0.05, 0.1) is 17.1 Å². The van der Waals surface area contributed by atoms with Crippen LogP contribution >= 0.6 is 0 Å². The zero-order valence-electron chi connectivity index (χ0n) is 15.5. The molecule has 1 aromatic carbocycles. The van der Waals surface area contributed by atoms with E-state index in [0.29, 0.717) is 18.4 Å². The Hall–Kier alpha value is -2.25. The smallest absolute Gasteiger partial charge is 0.338 e. The highest BCUT2D eigenvalue weighted by molar-refractivity contribution is 7.89. The van der Waals surface area contributed by atoms with Gasteiger partial charge in [0, 0.05) is 11.4 Å². The van der Waals surface area contributed by atoms with Crippen molar-refractivity contribution >= 4 is 16.0 Å². The second-order valence-corrected chi connectivity index (χ2v) is 7.99. The van der Waals surface area contributed by atoms with E-state index in [1.807, 2.05) is 25.1 Å². The number of pyridine rings is 1. The zero-order valence-corrected chi connectivity index (χ0v) is 16.3. The number of hydrogen-bond donors (Lipinski definition) is 1. The van der Waals surface area contributed by atoms with Gasteiger partial charge in [-0.05, 0) is 76.1 Å². The summed E-state index contributed by atoms with van der Waals surface area (Å²) in [6.45, 7) is 5.66. The van der Waals surface area contributed by atoms with Crippen molar-refractivity contribution in [2.75, 3.05) is 13.7 Å². The van der Waals surface area contributed by atoms with Gasteiger partial charge in [-0.1, -0.05) is 6.07 Å². The lowest BCUT2D eigenvalue weighted by Gasteiger charge is -2.12. The second-order valence-electron chi connectivity index (χ2n) is 6.13. The van der Waals surface area contributed by atoms with Gasteiger partial charge in [0.2, 0.25) is 10.0 Å². The van der Waals surface area contributed by atoms with Crippen LogP contribution in [-0.2, 0) is 21.2 Å². The maximum atomic E-state index is 12.3. The van der Waals surface area contributed by atoms with Crippen molar-refractivity contribution in [1.29, 1.82) is 0 Å². The summed E-state index contributed by atoms with van der Waals surface area (Å²) in [6.07, 6.45) is 1.36. The summed E-state index contributed by atoms with van der Waals surface area (Å²) in [5, 5.41) is 0. The molecule has 0 atom stereocenters. The predicted molar refractivity (Wildman–Crippen MR) is 99.7 cm³/mol. The van der Waals surface area contributed by atoms with Crippen molar-refractivity contribution in [3.8, 4) is 0 Å². The molecule has 0 bridgehead atoms. The Morgan fingerprint density at radius 1 is 1.19 bits per heavy atom. The van der Waals surface area contributed by atoms with Gasteiger partial charge in [-0.2, -0.15) is 0 Å². The number of aromatic nitrogens is 1. The number of nitrogens with one attached hydrogen (secondary N) is 1. The van der Waals surface area contributed by atoms with E-state index in [1.165, 1.54) is 13.1 Å². The van der Waals surface area contributed by atoms with Crippen LogP contribution in [0.15, 0.2) is 35.2 Å². The van der Waals surface area contributed by atoms with Gasteiger partial charge in [0.1, 0.15) is 0 Å². The summed E-state index contributed by atoms with van der Waals surface area (Å²) >= 11 is 0. The molecule has 0 unspecified atom stereocenters. The average Bonchev–Trinajstić information content (AvgIpc) is 2.60. The number of carbonyl (C=O) groups is 1. The minimum Gasteiger partial charge on any atom is -0.462 e. The first kappa shape index (κ1) is 20.1. The first-order chi connectivity index (χ1) is 12.2. The van der Waals surface area contributed by atoms with Gasteiger partial charge < -0.3 is 4.74 Å². The molecule has 140 valence electrons. The maximum Gasteiger partial charge on any atom is 0.338 e. The van der Waals surface area contributed by atoms with Crippen LogP contribution < -0.4 is 4.72 Å². The molecule has 0 aliphatic heterocycles. The molecular formula is C19H24N2O4S. The second kappa shape index (κ2) is 8.42. The summed E-state index contributed by atoms with van der Waals surface area (Å²) in [5.74, 6) is -0.530. The summed E-state index contributed by atoms with van der Waals surface area (Å²) in [7, 11) is -2.30. The highest BCUT2D eigenvalue weighted by Gasteiger charge is 2.20. The molecule has 6 nitrogen and oxygen atoms in total. The van der Waals surface area contributed by atoms with Gasteiger partial charge >= 0.3 is 5.97 Å². The third-order valence-corrected chi connectivity index (χ3v) is 5.71. The topological polar surface area (TPSA) is 85.4 Å². The number of sulfonamides is 1. The van der Waals surface area contributed by atoms with E-state index in [-0.39, 0.29) is 17.1 Å². The van der Waals surface area contributed by atoms with Crippen LogP contribution in [-0.4, -0.2) is 33.0 Å². The van der Waals surface area contributed by atoms with Gasteiger partial charge in [-0.3, -0.25) is 4.98 Å². The van der Waals surface area contributed by atoms with Crippen molar-refractivity contribution in [2.45, 2.75) is 38.5 Å². The van der Waals surface area contributed by atoms with Gasteiger partial charge in [0.25, 0.3) is 0 Å². The number of esters is 1. The lowest BCUT2D eigenvalue weighted by Crippen LogP contribution is -2.21. The first-order valence-electron chi connectivity index (χ1n) is 8.39. The number of aryl methyl sites for hydroxylation is 3. The quantitative estimate of drug-likeness (QED) is 0.593. The standard InChI is InChI=1S/C19H24N2O4S/c1-13-11-16(12-18(15(13)3)26(23,24)20-4)19(22)25-10-6-9-17-8-5-7-14(2)21-17/h5,7-8,11-12,20H,6,9-10H2,1-4H3. The summed E-state index contributed by atoms with van der Waals surface area (Å²) in [6, 6.07) is 8.82. The Kier molecular flexibility index (Phi) is 6.50. The first-order valence-corrected chi connectivity index (χ1v) is 9.87. The normalized spacial score (nSPS) is 11.4. The van der Waals surface area contributed by atoms with Crippen LogP contribution in [0.3, 0.4) is 0 Å². The molecule has 0 saturated heterocycles. The Labute approximate surface area is 154 Å². The molecular weight excluding hydrogens is 352 g/mol. The van der Waals surface area contributed by atoms with Crippen LogP contribution in [0.1, 0.15) is 39.3 Å². The summed E-state index contributed by atoms with van der Waals surface area (Å²) in [4.78, 5) is 16.8. The van der Waals surface area contributed by atoms with Crippen LogP contribution in [0.25, 0.3) is 0 Å². The maximum absolute atomic E-state index is 12.3. The Morgan fingerprint density at radius 3 is 2.58 bits per heavy atom. The van der Waals surface area contributed by atoms with Crippen LogP contribution in [0, 0.1) is 20.8 Å². The number of benzene rings is 1. The molecule has 0 amide bonds. The molecule has 0 saturated carbocycles. The van der Waals surface area contributed by atoms with Gasteiger partial charge in [-0.25, -0.2) is 17.9 Å². The van der Waals surface area contributed by atoms with Crippen molar-refractivity contribution in [2.24, 2.45) is 0 Å². The number of carbonyl (C=O) groups excluding carboxylic acids is 1. The zero-order chi connectivity index (χ0) is 19.3. The SMILES string of the molecule is CNS(=O)(=O)c1cc(C(=O)OCCCc2cccc(C)n2)cc(C)c1C. The largest absolute Gasteiger partial charge is 0.462 e. The monoisotopic (exact) mass is 376 g/mol. The minimum atomic E-state index is -3.64. The Balaban J connectivity index is 2.03. The van der Waals surface area contributed by atoms with E-state index in [9.17, 15) is 13.2 Å². The fourth-order valence-corrected chi connectivity index (χ4v) is 3.64. The molecule has 0 aliphatic rings. The molecule has 0 aliphatic carbocycles. The third kappa shape index (κ3) is 4.89. The van der Waals surface area contributed by atoms with Crippen molar-refractivity contribution in [3.05, 3.63) is 58.4 Å². The number of hydrogen-bond acceptors (Lipinski definition) is 5. The van der Waals surface area contributed by atoms with Crippen LogP contribution in [0.5, 0.6) is 0 Å². The lowest BCUT2D eigenvalue weighted by molar-refractivity contribution is 0.0500. The highest BCUT2D eigenvalue weighted by Crippen LogP contribution is 2.21. The fourth-order valence-electron chi connectivity index (χ4n) is 2.57. The summed E-state index contributed by atoms with van der Waals surface area (Å²) in [5.41, 5.74) is 3.47. The molecule has 1 aromatic heterocycles. The molecule has 7 heteroatoms. The number of nitrogens with zero attached hydrogens (tertiary/aromatic N) is 1. The molecule has 26 heavy (non-hydrogen) atoms. The molecule has 0 fully saturated rings. The Morgan fingerprint density at radius 2 is 1.92 bits per heavy atom. The van der Waals surface area contributed by atoms with E-state index < -0.39 is 16.0 Å². The fraction of sp³-hybridized carbons (Fsp3) is 0.368. The molecule has 1 heterocycles. The molecule has 2 aromatic rings. The van der Waals surface area contributed by atoms with Crippen molar-refractivity contribution in [3.63, 3.8) is 0 Å². The van der Waals surface area contributed by atoms with Crippen LogP contribution in [0.2, 0.25) is 0 Å². The molecule has 2 rings (SSSR count). The third-order valence-electron chi connectivity index (χ3n) is 4.17. The Bertz CT molecular complexity index is 908. The number of rotatable bonds is 7. The van der Waals surface area contributed by atoms with Gasteiger partial charge in [-0.15, -0.1) is 0 Å². The number of ether oxygens (including phenoxy) is 1. The molecule has 1 N–H and O–H groups in total. The van der Waals surface area contributed by atoms with Crippen molar-refractivity contribution in [1.82, 2.24) is 9.71 Å². The van der Waals surface area contributed by atoms with Gasteiger partial charge in [0.15, 0.2) is 0 Å². The van der Waals surface area contributed by atoms with Crippen molar-refractivity contribution < 1.29 is 17.9 Å². The average molecular weight is 376 g/mol. The van der Waals surface area contributed by atoms with E-state index in [1.54, 1.807) is 19.9 Å². The van der Waals surface area contributed by atoms with Crippen LogP contribution in [0.4, 0.5) is 0 Å². The minimum absolute atomic E-state index is 0.0934. The van der Waals surface area contributed by atoms with E-state index >= 15 is 0 Å².